The smallest absolute Gasteiger partial charge is 0.193 e. The van der Waals surface area contributed by atoms with Crippen molar-refractivity contribution in [2.45, 2.75) is 24.5 Å². The Kier molecular flexibility index (Phi) is 10.2. The largest absolute Gasteiger partial charge is 0.376 e. The lowest BCUT2D eigenvalue weighted by atomic mass is 10.1. The van der Waals surface area contributed by atoms with Crippen LogP contribution in [0.4, 0.5) is 0 Å². The zero-order valence-electron chi connectivity index (χ0n) is 16.6. The number of rotatable bonds is 7. The van der Waals surface area contributed by atoms with E-state index in [2.05, 4.69) is 70.0 Å². The SMILES string of the molecule is CN=C(NCc1ccc(SC)cc1)N1CCC(COCc2ccccc2)C1.I. The third kappa shape index (κ3) is 6.97. The number of halogens is 1. The highest BCUT2D eigenvalue weighted by atomic mass is 127. The summed E-state index contributed by atoms with van der Waals surface area (Å²) >= 11 is 1.77. The molecule has 6 heteroatoms. The van der Waals surface area contributed by atoms with E-state index in [4.69, 9.17) is 4.74 Å². The molecule has 1 aliphatic rings. The third-order valence-corrected chi connectivity index (χ3v) is 5.62. The second kappa shape index (κ2) is 12.3. The van der Waals surface area contributed by atoms with Crippen LogP contribution in [0.5, 0.6) is 0 Å². The Morgan fingerprint density at radius 2 is 1.89 bits per heavy atom. The molecule has 1 fully saturated rings. The Balaban J connectivity index is 0.00000280. The number of nitrogens with zero attached hydrogens (tertiary/aromatic N) is 2. The van der Waals surface area contributed by atoms with Crippen LogP contribution in [0.2, 0.25) is 0 Å². The summed E-state index contributed by atoms with van der Waals surface area (Å²) in [5.74, 6) is 1.54. The van der Waals surface area contributed by atoms with E-state index >= 15 is 0 Å². The molecule has 0 spiro atoms. The molecule has 0 saturated carbocycles. The summed E-state index contributed by atoms with van der Waals surface area (Å²) < 4.78 is 5.93. The molecule has 1 aliphatic heterocycles. The van der Waals surface area contributed by atoms with Crippen LogP contribution in [0.15, 0.2) is 64.5 Å². The maximum atomic E-state index is 5.93. The molecule has 2 aromatic rings. The third-order valence-electron chi connectivity index (χ3n) is 4.87. The van der Waals surface area contributed by atoms with Crippen LogP contribution in [0.1, 0.15) is 17.5 Å². The molecule has 0 bridgehead atoms. The lowest BCUT2D eigenvalue weighted by Crippen LogP contribution is -2.39. The summed E-state index contributed by atoms with van der Waals surface area (Å²) in [6.07, 6.45) is 3.25. The maximum Gasteiger partial charge on any atom is 0.193 e. The van der Waals surface area contributed by atoms with Gasteiger partial charge in [0.05, 0.1) is 13.2 Å². The molecular weight excluding hydrogens is 481 g/mol. The van der Waals surface area contributed by atoms with E-state index in [1.54, 1.807) is 11.8 Å². The Morgan fingerprint density at radius 3 is 2.57 bits per heavy atom. The van der Waals surface area contributed by atoms with E-state index in [0.29, 0.717) is 12.5 Å². The zero-order chi connectivity index (χ0) is 18.9. The molecule has 0 aromatic heterocycles. The molecule has 1 atom stereocenters. The molecule has 0 radical (unpaired) electrons. The summed E-state index contributed by atoms with van der Waals surface area (Å²) in [6.45, 7) is 4.33. The molecule has 0 amide bonds. The van der Waals surface area contributed by atoms with Crippen molar-refractivity contribution < 1.29 is 4.74 Å². The highest BCUT2D eigenvalue weighted by Gasteiger charge is 2.24. The number of nitrogens with one attached hydrogen (secondary N) is 1. The van der Waals surface area contributed by atoms with Crippen molar-refractivity contribution >= 4 is 41.7 Å². The number of aliphatic imine (C=N–C) groups is 1. The predicted molar refractivity (Wildman–Crippen MR) is 130 cm³/mol. The van der Waals surface area contributed by atoms with Gasteiger partial charge in [0, 0.05) is 37.5 Å². The summed E-state index contributed by atoms with van der Waals surface area (Å²) in [7, 11) is 1.86. The van der Waals surface area contributed by atoms with E-state index in [1.807, 2.05) is 13.1 Å². The Bertz CT molecular complexity index is 724. The first kappa shape index (κ1) is 23.0. The first-order valence-corrected chi connectivity index (χ1v) is 10.7. The van der Waals surface area contributed by atoms with Crippen molar-refractivity contribution in [3.8, 4) is 0 Å². The number of likely N-dealkylation sites (tertiary alicyclic amines) is 1. The fourth-order valence-corrected chi connectivity index (χ4v) is 3.74. The zero-order valence-corrected chi connectivity index (χ0v) is 19.8. The molecule has 1 saturated heterocycles. The van der Waals surface area contributed by atoms with E-state index in [1.165, 1.54) is 16.0 Å². The summed E-state index contributed by atoms with van der Waals surface area (Å²) in [6, 6.07) is 19.1. The Morgan fingerprint density at radius 1 is 1.14 bits per heavy atom. The van der Waals surface area contributed by atoms with Crippen molar-refractivity contribution in [1.82, 2.24) is 10.2 Å². The van der Waals surface area contributed by atoms with Crippen LogP contribution in [0.3, 0.4) is 0 Å². The average molecular weight is 511 g/mol. The van der Waals surface area contributed by atoms with E-state index in [-0.39, 0.29) is 24.0 Å². The van der Waals surface area contributed by atoms with Crippen LogP contribution < -0.4 is 5.32 Å². The molecule has 28 heavy (non-hydrogen) atoms. The molecule has 152 valence electrons. The minimum atomic E-state index is 0. The molecule has 1 heterocycles. The number of thioether (sulfide) groups is 1. The Labute approximate surface area is 190 Å². The molecule has 2 aromatic carbocycles. The van der Waals surface area contributed by atoms with Gasteiger partial charge in [0.2, 0.25) is 0 Å². The van der Waals surface area contributed by atoms with E-state index < -0.39 is 0 Å². The minimum absolute atomic E-state index is 0. The van der Waals surface area contributed by atoms with Gasteiger partial charge in [-0.2, -0.15) is 0 Å². The van der Waals surface area contributed by atoms with Crippen molar-refractivity contribution in [3.63, 3.8) is 0 Å². The number of hydrogen-bond acceptors (Lipinski definition) is 3. The van der Waals surface area contributed by atoms with Gasteiger partial charge in [-0.1, -0.05) is 42.5 Å². The van der Waals surface area contributed by atoms with Gasteiger partial charge in [0.25, 0.3) is 0 Å². The van der Waals surface area contributed by atoms with Crippen LogP contribution >= 0.6 is 35.7 Å². The van der Waals surface area contributed by atoms with Gasteiger partial charge in [-0.3, -0.25) is 4.99 Å². The van der Waals surface area contributed by atoms with Crippen molar-refractivity contribution in [3.05, 3.63) is 65.7 Å². The second-order valence-corrected chi connectivity index (χ2v) is 7.73. The average Bonchev–Trinajstić information content (AvgIpc) is 3.18. The monoisotopic (exact) mass is 511 g/mol. The van der Waals surface area contributed by atoms with Crippen molar-refractivity contribution in [1.29, 1.82) is 0 Å². The molecule has 1 unspecified atom stereocenters. The van der Waals surface area contributed by atoms with Crippen molar-refractivity contribution in [2.24, 2.45) is 10.9 Å². The quantitative estimate of drug-likeness (QED) is 0.255. The number of benzene rings is 2. The summed E-state index contributed by atoms with van der Waals surface area (Å²) in [4.78, 5) is 8.10. The van der Waals surface area contributed by atoms with Crippen LogP contribution in [0, 0.1) is 5.92 Å². The van der Waals surface area contributed by atoms with Crippen LogP contribution in [0.25, 0.3) is 0 Å². The van der Waals surface area contributed by atoms with Gasteiger partial charge >= 0.3 is 0 Å². The fourth-order valence-electron chi connectivity index (χ4n) is 3.34. The van der Waals surface area contributed by atoms with Crippen LogP contribution in [-0.2, 0) is 17.9 Å². The predicted octanol–water partition coefficient (Wildman–Crippen LogP) is 4.64. The number of ether oxygens (including phenoxy) is 1. The standard InChI is InChI=1S/C22H29N3OS.HI/c1-23-22(24-14-18-8-10-21(27-2)11-9-18)25-13-12-20(15-25)17-26-16-19-6-4-3-5-7-19;/h3-11,20H,12-17H2,1-2H3,(H,23,24);1H. The highest BCUT2D eigenvalue weighted by Crippen LogP contribution is 2.18. The first-order valence-electron chi connectivity index (χ1n) is 9.48. The fraction of sp³-hybridized carbons (Fsp3) is 0.409. The number of guanidine groups is 1. The van der Waals surface area contributed by atoms with Gasteiger partial charge in [0.1, 0.15) is 0 Å². The highest BCUT2D eigenvalue weighted by molar-refractivity contribution is 14.0. The van der Waals surface area contributed by atoms with Gasteiger partial charge in [-0.05, 0) is 35.9 Å². The van der Waals surface area contributed by atoms with Gasteiger partial charge in [-0.25, -0.2) is 0 Å². The lowest BCUT2D eigenvalue weighted by molar-refractivity contribution is 0.0906. The van der Waals surface area contributed by atoms with Crippen molar-refractivity contribution in [2.75, 3.05) is 33.0 Å². The molecule has 1 N–H and O–H groups in total. The van der Waals surface area contributed by atoms with Gasteiger partial charge < -0.3 is 15.0 Å². The van der Waals surface area contributed by atoms with E-state index in [9.17, 15) is 0 Å². The first-order chi connectivity index (χ1) is 13.3. The molecule has 0 aliphatic carbocycles. The molecule has 4 nitrogen and oxygen atoms in total. The topological polar surface area (TPSA) is 36.9 Å². The summed E-state index contributed by atoms with van der Waals surface area (Å²) in [5.41, 5.74) is 2.51. The number of hydrogen-bond donors (Lipinski definition) is 1. The molecule has 3 rings (SSSR count). The maximum absolute atomic E-state index is 5.93. The lowest BCUT2D eigenvalue weighted by Gasteiger charge is -2.22. The van der Waals surface area contributed by atoms with E-state index in [0.717, 1.165) is 38.6 Å². The normalized spacial score (nSPS) is 16.7. The second-order valence-electron chi connectivity index (χ2n) is 6.85. The van der Waals surface area contributed by atoms with Gasteiger partial charge in [0.15, 0.2) is 5.96 Å². The molecular formula is C22H30IN3OS. The summed E-state index contributed by atoms with van der Waals surface area (Å²) in [5, 5.41) is 3.50. The van der Waals surface area contributed by atoms with Crippen LogP contribution in [-0.4, -0.2) is 43.9 Å². The Hall–Kier alpha value is -1.25. The van der Waals surface area contributed by atoms with Gasteiger partial charge in [-0.15, -0.1) is 35.7 Å². The minimum Gasteiger partial charge on any atom is -0.376 e.